The minimum atomic E-state index is -0.928. The van der Waals surface area contributed by atoms with Crippen molar-refractivity contribution in [1.82, 2.24) is 9.59 Å². The van der Waals surface area contributed by atoms with Gasteiger partial charge in [-0.15, -0.1) is 5.10 Å². The highest BCUT2D eigenvalue weighted by Crippen LogP contribution is 2.19. The second-order valence-electron chi connectivity index (χ2n) is 6.09. The van der Waals surface area contributed by atoms with Crippen molar-refractivity contribution in [1.29, 1.82) is 0 Å². The lowest BCUT2D eigenvalue weighted by Crippen LogP contribution is -2.36. The molecule has 0 radical (unpaired) electrons. The van der Waals surface area contributed by atoms with Gasteiger partial charge in [-0.25, -0.2) is 4.79 Å². The fourth-order valence-corrected chi connectivity index (χ4v) is 3.32. The molecule has 144 valence electrons. The van der Waals surface area contributed by atoms with Gasteiger partial charge in [-0.1, -0.05) is 11.4 Å². The molecule has 9 heteroatoms. The van der Waals surface area contributed by atoms with Crippen LogP contribution < -0.4 is 10.2 Å². The topological polar surface area (TPSA) is 93.7 Å². The molecule has 0 unspecified atom stereocenters. The van der Waals surface area contributed by atoms with Crippen LogP contribution in [0.25, 0.3) is 0 Å². The Balaban J connectivity index is 1.55. The van der Waals surface area contributed by atoms with E-state index >= 15 is 0 Å². The summed E-state index contributed by atoms with van der Waals surface area (Å²) < 4.78 is 14.4. The quantitative estimate of drug-likeness (QED) is 0.755. The number of ether oxygens (including phenoxy) is 2. The lowest BCUT2D eigenvalue weighted by atomic mass is 10.2. The molecule has 27 heavy (non-hydrogen) atoms. The molecule has 1 aliphatic heterocycles. The number of benzene rings is 1. The van der Waals surface area contributed by atoms with Gasteiger partial charge in [0.15, 0.2) is 11.0 Å². The van der Waals surface area contributed by atoms with Gasteiger partial charge in [0, 0.05) is 24.5 Å². The molecular formula is C18H22N4O4S. The summed E-state index contributed by atoms with van der Waals surface area (Å²) in [6.45, 7) is 6.56. The van der Waals surface area contributed by atoms with Crippen LogP contribution in [-0.4, -0.2) is 53.9 Å². The summed E-state index contributed by atoms with van der Waals surface area (Å²) in [6, 6.07) is 7.57. The molecule has 1 N–H and O–H groups in total. The van der Waals surface area contributed by atoms with Crippen LogP contribution in [0.4, 0.5) is 11.4 Å². The summed E-state index contributed by atoms with van der Waals surface area (Å²) in [6.07, 6.45) is -0.347. The zero-order valence-electron chi connectivity index (χ0n) is 15.3. The highest BCUT2D eigenvalue weighted by Gasteiger charge is 2.23. The zero-order valence-corrected chi connectivity index (χ0v) is 16.1. The van der Waals surface area contributed by atoms with Crippen molar-refractivity contribution in [2.75, 3.05) is 36.5 Å². The SMILES string of the molecule is CCc1nnsc1C(=O)O[C@@H](C)C(=O)Nc1ccc(N2CCOCC2)cc1. The van der Waals surface area contributed by atoms with Crippen LogP contribution in [0.15, 0.2) is 24.3 Å². The van der Waals surface area contributed by atoms with Crippen LogP contribution in [0.1, 0.15) is 29.2 Å². The molecule has 1 aromatic heterocycles. The summed E-state index contributed by atoms with van der Waals surface area (Å²) in [4.78, 5) is 27.1. The van der Waals surface area contributed by atoms with Crippen LogP contribution in [0.3, 0.4) is 0 Å². The second-order valence-corrected chi connectivity index (χ2v) is 6.84. The summed E-state index contributed by atoms with van der Waals surface area (Å²) >= 11 is 0.974. The molecule has 1 fully saturated rings. The average Bonchev–Trinajstić information content (AvgIpc) is 3.18. The van der Waals surface area contributed by atoms with E-state index in [1.165, 1.54) is 6.92 Å². The number of hydrogen-bond donors (Lipinski definition) is 1. The van der Waals surface area contributed by atoms with Gasteiger partial charge in [-0.3, -0.25) is 4.79 Å². The number of nitrogens with zero attached hydrogens (tertiary/aromatic N) is 3. The standard InChI is InChI=1S/C18H22N4O4S/c1-3-15-16(27-21-20-15)18(24)26-12(2)17(23)19-13-4-6-14(7-5-13)22-8-10-25-11-9-22/h4-7,12H,3,8-11H2,1-2H3,(H,19,23)/t12-/m0/s1. The molecule has 0 spiro atoms. The number of amides is 1. The largest absolute Gasteiger partial charge is 0.448 e. The molecule has 1 amide bonds. The van der Waals surface area contributed by atoms with E-state index in [0.717, 1.165) is 43.5 Å². The van der Waals surface area contributed by atoms with Crippen LogP contribution >= 0.6 is 11.5 Å². The van der Waals surface area contributed by atoms with Crippen LogP contribution in [0.5, 0.6) is 0 Å². The van der Waals surface area contributed by atoms with E-state index in [1.54, 1.807) is 0 Å². The second kappa shape index (κ2) is 8.92. The molecule has 0 bridgehead atoms. The number of rotatable bonds is 6. The van der Waals surface area contributed by atoms with E-state index in [1.807, 2.05) is 31.2 Å². The molecule has 2 heterocycles. The monoisotopic (exact) mass is 390 g/mol. The number of hydrogen-bond acceptors (Lipinski definition) is 8. The van der Waals surface area contributed by atoms with E-state index in [4.69, 9.17) is 9.47 Å². The van der Waals surface area contributed by atoms with E-state index in [9.17, 15) is 9.59 Å². The molecule has 1 aromatic carbocycles. The van der Waals surface area contributed by atoms with Crippen molar-refractivity contribution in [3.8, 4) is 0 Å². The number of carbonyl (C=O) groups excluding carboxylic acids is 2. The van der Waals surface area contributed by atoms with Gasteiger partial charge >= 0.3 is 5.97 Å². The highest BCUT2D eigenvalue weighted by atomic mass is 32.1. The Kier molecular flexibility index (Phi) is 6.36. The molecule has 1 saturated heterocycles. The summed E-state index contributed by atoms with van der Waals surface area (Å²) in [5, 5.41) is 6.64. The maximum Gasteiger partial charge on any atom is 0.352 e. The van der Waals surface area contributed by atoms with Gasteiger partial charge < -0.3 is 19.7 Å². The number of esters is 1. The lowest BCUT2D eigenvalue weighted by Gasteiger charge is -2.28. The predicted octanol–water partition coefficient (Wildman–Crippen LogP) is 2.12. The van der Waals surface area contributed by atoms with E-state index in [0.29, 0.717) is 22.7 Å². The number of nitrogens with one attached hydrogen (secondary N) is 1. The van der Waals surface area contributed by atoms with E-state index in [2.05, 4.69) is 19.8 Å². The van der Waals surface area contributed by atoms with Gasteiger partial charge in [0.25, 0.3) is 5.91 Å². The van der Waals surface area contributed by atoms with Crippen molar-refractivity contribution in [2.24, 2.45) is 0 Å². The minimum absolute atomic E-state index is 0.340. The summed E-state index contributed by atoms with van der Waals surface area (Å²) in [5.41, 5.74) is 2.31. The first-order chi connectivity index (χ1) is 13.1. The minimum Gasteiger partial charge on any atom is -0.448 e. The molecule has 3 rings (SSSR count). The third kappa shape index (κ3) is 4.81. The third-order valence-corrected chi connectivity index (χ3v) is 4.99. The number of carbonyl (C=O) groups is 2. The van der Waals surface area contributed by atoms with Crippen molar-refractivity contribution < 1.29 is 19.1 Å². The first-order valence-electron chi connectivity index (χ1n) is 8.84. The van der Waals surface area contributed by atoms with Crippen LogP contribution in [0, 0.1) is 0 Å². The summed E-state index contributed by atoms with van der Waals surface area (Å²) in [5.74, 6) is -0.967. The van der Waals surface area contributed by atoms with E-state index in [-0.39, 0.29) is 0 Å². The zero-order chi connectivity index (χ0) is 19.2. The Morgan fingerprint density at radius 3 is 2.67 bits per heavy atom. The van der Waals surface area contributed by atoms with Crippen molar-refractivity contribution in [3.63, 3.8) is 0 Å². The molecule has 1 atom stereocenters. The number of anilines is 2. The lowest BCUT2D eigenvalue weighted by molar-refractivity contribution is -0.123. The fraction of sp³-hybridized carbons (Fsp3) is 0.444. The maximum absolute atomic E-state index is 12.3. The Morgan fingerprint density at radius 1 is 1.30 bits per heavy atom. The van der Waals surface area contributed by atoms with Crippen LogP contribution in [0.2, 0.25) is 0 Å². The van der Waals surface area contributed by atoms with Gasteiger partial charge in [-0.05, 0) is 49.1 Å². The maximum atomic E-state index is 12.3. The first-order valence-corrected chi connectivity index (χ1v) is 9.61. The smallest absolute Gasteiger partial charge is 0.352 e. The predicted molar refractivity (Wildman–Crippen MR) is 102 cm³/mol. The molecule has 1 aliphatic rings. The molecule has 8 nitrogen and oxygen atoms in total. The molecule has 0 aliphatic carbocycles. The van der Waals surface area contributed by atoms with Crippen molar-refractivity contribution in [2.45, 2.75) is 26.4 Å². The van der Waals surface area contributed by atoms with Crippen molar-refractivity contribution in [3.05, 3.63) is 34.8 Å². The van der Waals surface area contributed by atoms with Gasteiger partial charge in [0.05, 0.1) is 18.9 Å². The van der Waals surface area contributed by atoms with Gasteiger partial charge in [-0.2, -0.15) is 0 Å². The molecule has 2 aromatic rings. The highest BCUT2D eigenvalue weighted by molar-refractivity contribution is 7.07. The number of aromatic nitrogens is 2. The average molecular weight is 390 g/mol. The van der Waals surface area contributed by atoms with Gasteiger partial charge in [0.1, 0.15) is 0 Å². The van der Waals surface area contributed by atoms with Gasteiger partial charge in [0.2, 0.25) is 0 Å². The Labute approximate surface area is 161 Å². The number of morpholine rings is 1. The Morgan fingerprint density at radius 2 is 2.00 bits per heavy atom. The fourth-order valence-electron chi connectivity index (χ4n) is 2.68. The number of aryl methyl sites for hydroxylation is 1. The Hall–Kier alpha value is -2.52. The normalized spacial score (nSPS) is 15.3. The van der Waals surface area contributed by atoms with Crippen LogP contribution in [-0.2, 0) is 20.7 Å². The molecule has 0 saturated carbocycles. The molecular weight excluding hydrogens is 368 g/mol. The third-order valence-electron chi connectivity index (χ3n) is 4.24. The van der Waals surface area contributed by atoms with E-state index < -0.39 is 18.0 Å². The van der Waals surface area contributed by atoms with Crippen molar-refractivity contribution >= 4 is 34.8 Å². The first kappa shape index (κ1) is 19.2. The Bertz CT molecular complexity index is 787. The summed E-state index contributed by atoms with van der Waals surface area (Å²) in [7, 11) is 0.